The number of carbonyl (C=O) groups excluding carboxylic acids is 2. The summed E-state index contributed by atoms with van der Waals surface area (Å²) in [5, 5.41) is 0. The molecule has 0 saturated carbocycles. The number of amides is 3. The van der Waals surface area contributed by atoms with Gasteiger partial charge in [0, 0.05) is 32.7 Å². The maximum atomic E-state index is 12.3. The van der Waals surface area contributed by atoms with Crippen molar-refractivity contribution < 1.29 is 9.59 Å². The lowest BCUT2D eigenvalue weighted by Gasteiger charge is -2.38. The Morgan fingerprint density at radius 3 is 2.35 bits per heavy atom. The SMILES string of the molecule is CN(C)C(=O)N(CCN1CCC[C@@H]1C(N)=O)C(C)(C)C. The van der Waals surface area contributed by atoms with Gasteiger partial charge in [-0.05, 0) is 40.2 Å². The van der Waals surface area contributed by atoms with Gasteiger partial charge >= 0.3 is 6.03 Å². The molecule has 1 heterocycles. The molecule has 1 aliphatic rings. The number of primary amides is 1. The Kier molecular flexibility index (Phi) is 5.39. The van der Waals surface area contributed by atoms with Crippen molar-refractivity contribution in [3.05, 3.63) is 0 Å². The Morgan fingerprint density at radius 2 is 1.90 bits per heavy atom. The van der Waals surface area contributed by atoms with E-state index in [2.05, 4.69) is 4.90 Å². The van der Waals surface area contributed by atoms with Gasteiger partial charge in [0.1, 0.15) is 0 Å². The summed E-state index contributed by atoms with van der Waals surface area (Å²) in [4.78, 5) is 29.1. The van der Waals surface area contributed by atoms with Crippen LogP contribution in [0.5, 0.6) is 0 Å². The molecule has 116 valence electrons. The van der Waals surface area contributed by atoms with Crippen LogP contribution in [0.2, 0.25) is 0 Å². The van der Waals surface area contributed by atoms with Crippen molar-refractivity contribution in [1.29, 1.82) is 0 Å². The molecule has 0 spiro atoms. The minimum Gasteiger partial charge on any atom is -0.368 e. The monoisotopic (exact) mass is 284 g/mol. The molecule has 1 rings (SSSR count). The van der Waals surface area contributed by atoms with Crippen LogP contribution in [0.3, 0.4) is 0 Å². The number of likely N-dealkylation sites (tertiary alicyclic amines) is 1. The lowest BCUT2D eigenvalue weighted by molar-refractivity contribution is -0.122. The van der Waals surface area contributed by atoms with Crippen LogP contribution in [0.4, 0.5) is 4.79 Å². The number of carbonyl (C=O) groups is 2. The van der Waals surface area contributed by atoms with Crippen LogP contribution in [-0.4, -0.2) is 71.9 Å². The Bertz CT molecular complexity index is 363. The molecule has 0 radical (unpaired) electrons. The number of nitrogens with zero attached hydrogens (tertiary/aromatic N) is 3. The standard InChI is InChI=1S/C14H28N4O2/c1-14(2,3)18(13(20)16(4)5)10-9-17-8-6-7-11(17)12(15)19/h11H,6-10H2,1-5H3,(H2,15,19)/t11-/m1/s1. The third kappa shape index (κ3) is 4.10. The van der Waals surface area contributed by atoms with Gasteiger partial charge in [-0.1, -0.05) is 0 Å². The summed E-state index contributed by atoms with van der Waals surface area (Å²) in [5.41, 5.74) is 5.17. The second kappa shape index (κ2) is 6.43. The second-order valence-electron chi connectivity index (χ2n) is 6.60. The largest absolute Gasteiger partial charge is 0.368 e. The normalized spacial score (nSPS) is 19.9. The Balaban J connectivity index is 2.68. The summed E-state index contributed by atoms with van der Waals surface area (Å²) < 4.78 is 0. The highest BCUT2D eigenvalue weighted by Crippen LogP contribution is 2.19. The molecule has 1 aliphatic heterocycles. The molecule has 0 aliphatic carbocycles. The lowest BCUT2D eigenvalue weighted by atomic mass is 10.1. The first-order valence-corrected chi connectivity index (χ1v) is 7.17. The zero-order valence-corrected chi connectivity index (χ0v) is 13.3. The van der Waals surface area contributed by atoms with Crippen molar-refractivity contribution in [1.82, 2.24) is 14.7 Å². The van der Waals surface area contributed by atoms with Crippen LogP contribution in [0, 0.1) is 0 Å². The molecule has 3 amide bonds. The molecule has 0 bridgehead atoms. The van der Waals surface area contributed by atoms with Crippen molar-refractivity contribution in [3.8, 4) is 0 Å². The first kappa shape index (κ1) is 16.8. The zero-order valence-electron chi connectivity index (χ0n) is 13.3. The Morgan fingerprint density at radius 1 is 1.30 bits per heavy atom. The van der Waals surface area contributed by atoms with E-state index in [4.69, 9.17) is 5.73 Å². The van der Waals surface area contributed by atoms with Gasteiger partial charge in [-0.25, -0.2) is 4.79 Å². The molecule has 1 fully saturated rings. The predicted octanol–water partition coefficient (Wildman–Crippen LogP) is 0.718. The van der Waals surface area contributed by atoms with Gasteiger partial charge in [-0.2, -0.15) is 0 Å². The van der Waals surface area contributed by atoms with E-state index in [9.17, 15) is 9.59 Å². The average Bonchev–Trinajstić information content (AvgIpc) is 2.75. The first-order valence-electron chi connectivity index (χ1n) is 7.17. The molecule has 2 N–H and O–H groups in total. The molecule has 0 aromatic heterocycles. The minimum absolute atomic E-state index is 0.00711. The first-order chi connectivity index (χ1) is 9.14. The van der Waals surface area contributed by atoms with Gasteiger partial charge in [-0.3, -0.25) is 9.69 Å². The van der Waals surface area contributed by atoms with Crippen LogP contribution in [-0.2, 0) is 4.79 Å². The number of hydrogen-bond acceptors (Lipinski definition) is 3. The smallest absolute Gasteiger partial charge is 0.319 e. The highest BCUT2D eigenvalue weighted by molar-refractivity contribution is 5.80. The third-order valence-electron chi connectivity index (χ3n) is 3.73. The summed E-state index contributed by atoms with van der Waals surface area (Å²) in [6, 6.07) is -0.182. The average molecular weight is 284 g/mol. The molecule has 0 unspecified atom stereocenters. The van der Waals surface area contributed by atoms with Crippen molar-refractivity contribution >= 4 is 11.9 Å². The van der Waals surface area contributed by atoms with Crippen LogP contribution < -0.4 is 5.73 Å². The summed E-state index contributed by atoms with van der Waals surface area (Å²) in [6.45, 7) is 8.22. The quantitative estimate of drug-likeness (QED) is 0.827. The topological polar surface area (TPSA) is 69.9 Å². The molecular formula is C14H28N4O2. The van der Waals surface area contributed by atoms with E-state index in [0.717, 1.165) is 19.4 Å². The number of hydrogen-bond donors (Lipinski definition) is 1. The predicted molar refractivity (Wildman–Crippen MR) is 79.3 cm³/mol. The zero-order chi connectivity index (χ0) is 15.5. The van der Waals surface area contributed by atoms with E-state index >= 15 is 0 Å². The van der Waals surface area contributed by atoms with Crippen molar-refractivity contribution in [3.63, 3.8) is 0 Å². The van der Waals surface area contributed by atoms with Crippen LogP contribution in [0.25, 0.3) is 0 Å². The molecule has 6 heteroatoms. The van der Waals surface area contributed by atoms with Gasteiger partial charge in [0.25, 0.3) is 0 Å². The third-order valence-corrected chi connectivity index (χ3v) is 3.73. The van der Waals surface area contributed by atoms with E-state index in [1.54, 1.807) is 19.0 Å². The van der Waals surface area contributed by atoms with E-state index in [-0.39, 0.29) is 23.5 Å². The van der Waals surface area contributed by atoms with Gasteiger partial charge in [0.2, 0.25) is 5.91 Å². The van der Waals surface area contributed by atoms with Crippen molar-refractivity contribution in [2.75, 3.05) is 33.7 Å². The fourth-order valence-corrected chi connectivity index (χ4v) is 2.60. The molecule has 0 aromatic carbocycles. The maximum Gasteiger partial charge on any atom is 0.319 e. The molecule has 6 nitrogen and oxygen atoms in total. The highest BCUT2D eigenvalue weighted by Gasteiger charge is 2.32. The summed E-state index contributed by atoms with van der Waals surface area (Å²) in [6.07, 6.45) is 1.82. The van der Waals surface area contributed by atoms with Crippen molar-refractivity contribution in [2.24, 2.45) is 5.73 Å². The fourth-order valence-electron chi connectivity index (χ4n) is 2.60. The van der Waals surface area contributed by atoms with Gasteiger partial charge in [0.05, 0.1) is 6.04 Å². The van der Waals surface area contributed by atoms with E-state index in [1.165, 1.54) is 0 Å². The number of urea groups is 1. The van der Waals surface area contributed by atoms with E-state index in [0.29, 0.717) is 13.1 Å². The molecular weight excluding hydrogens is 256 g/mol. The molecule has 1 atom stereocenters. The van der Waals surface area contributed by atoms with E-state index in [1.807, 2.05) is 25.7 Å². The van der Waals surface area contributed by atoms with Crippen LogP contribution >= 0.6 is 0 Å². The van der Waals surface area contributed by atoms with Gasteiger partial charge in [-0.15, -0.1) is 0 Å². The summed E-state index contributed by atoms with van der Waals surface area (Å²) in [7, 11) is 3.51. The Hall–Kier alpha value is -1.30. The minimum atomic E-state index is -0.260. The van der Waals surface area contributed by atoms with Crippen molar-refractivity contribution in [2.45, 2.75) is 45.2 Å². The van der Waals surface area contributed by atoms with E-state index < -0.39 is 0 Å². The summed E-state index contributed by atoms with van der Waals surface area (Å²) in [5.74, 6) is -0.260. The number of nitrogens with two attached hydrogens (primary N) is 1. The summed E-state index contributed by atoms with van der Waals surface area (Å²) >= 11 is 0. The molecule has 1 saturated heterocycles. The number of rotatable bonds is 4. The molecule has 0 aromatic rings. The lowest BCUT2D eigenvalue weighted by Crippen LogP contribution is -2.53. The highest BCUT2D eigenvalue weighted by atomic mass is 16.2. The molecule has 20 heavy (non-hydrogen) atoms. The van der Waals surface area contributed by atoms with Crippen LogP contribution in [0.15, 0.2) is 0 Å². The van der Waals surface area contributed by atoms with Gasteiger partial charge in [0.15, 0.2) is 0 Å². The van der Waals surface area contributed by atoms with Gasteiger partial charge < -0.3 is 15.5 Å². The van der Waals surface area contributed by atoms with Crippen LogP contribution in [0.1, 0.15) is 33.6 Å². The fraction of sp³-hybridized carbons (Fsp3) is 0.857. The second-order valence-corrected chi connectivity index (χ2v) is 6.60. The maximum absolute atomic E-state index is 12.3. The Labute approximate surface area is 121 Å².